The largest absolute Gasteiger partial charge is 0.442 e. The molecule has 147 valence electrons. The van der Waals surface area contributed by atoms with E-state index in [1.54, 1.807) is 0 Å². The van der Waals surface area contributed by atoms with Gasteiger partial charge in [-0.1, -0.05) is 51.1 Å². The molecule has 1 amide bonds. The summed E-state index contributed by atoms with van der Waals surface area (Å²) in [6, 6.07) is 8.85. The lowest BCUT2D eigenvalue weighted by molar-refractivity contribution is -0.131. The maximum absolute atomic E-state index is 12.9. The molecule has 0 spiro atoms. The molecule has 0 aromatic heterocycles. The van der Waals surface area contributed by atoms with Crippen LogP contribution < -0.4 is 0 Å². The van der Waals surface area contributed by atoms with Crippen molar-refractivity contribution < 1.29 is 19.2 Å². The van der Waals surface area contributed by atoms with Crippen molar-refractivity contribution in [1.29, 1.82) is 0 Å². The summed E-state index contributed by atoms with van der Waals surface area (Å²) in [5, 5.41) is 12.3. The van der Waals surface area contributed by atoms with Gasteiger partial charge >= 0.3 is 6.09 Å². The number of aliphatic hydroxyl groups excluding tert-OH is 1. The first kappa shape index (κ1) is 22.7. The number of carbonyl (C=O) groups excluding carboxylic acids is 1. The summed E-state index contributed by atoms with van der Waals surface area (Å²) in [7, 11) is -1.25. The lowest BCUT2D eigenvalue weighted by Gasteiger charge is -2.38. The molecule has 26 heavy (non-hydrogen) atoms. The minimum absolute atomic E-state index is 0.0989. The Morgan fingerprint density at radius 2 is 1.65 bits per heavy atom. The molecule has 0 aliphatic rings. The molecule has 6 heteroatoms. The summed E-state index contributed by atoms with van der Waals surface area (Å²) >= 11 is 0. The van der Waals surface area contributed by atoms with Gasteiger partial charge in [0, 0.05) is 0 Å². The van der Waals surface area contributed by atoms with Gasteiger partial charge in [-0.05, 0) is 51.3 Å². The number of nitrogens with zero attached hydrogens (tertiary/aromatic N) is 1. The van der Waals surface area contributed by atoms with Gasteiger partial charge in [-0.3, -0.25) is 0 Å². The first-order chi connectivity index (χ1) is 11.8. The highest BCUT2D eigenvalue weighted by Crippen LogP contribution is 2.33. The third-order valence-electron chi connectivity index (χ3n) is 3.43. The highest BCUT2D eigenvalue weighted by molar-refractivity contribution is 6.48. The van der Waals surface area contributed by atoms with Crippen LogP contribution in [0.1, 0.15) is 59.6 Å². The standard InChI is InChI=1S/C20H34NO4Si/c1-19(2,3)14-16(22)17(15-12-10-9-11-13-15)21(25-26(7)8)18(23)24-20(4,5)6/h9-13,16-17,22H,14H2,1-8H3. The van der Waals surface area contributed by atoms with Crippen LogP contribution in [0.2, 0.25) is 13.1 Å². The fourth-order valence-electron chi connectivity index (χ4n) is 2.61. The van der Waals surface area contributed by atoms with Gasteiger partial charge in [0.25, 0.3) is 0 Å². The number of hydroxylamine groups is 2. The van der Waals surface area contributed by atoms with E-state index in [0.717, 1.165) is 5.56 Å². The van der Waals surface area contributed by atoms with Crippen LogP contribution in [0.5, 0.6) is 0 Å². The van der Waals surface area contributed by atoms with Crippen molar-refractivity contribution in [3.63, 3.8) is 0 Å². The van der Waals surface area contributed by atoms with Gasteiger partial charge in [0.1, 0.15) is 11.6 Å². The first-order valence-corrected chi connectivity index (χ1v) is 11.4. The smallest absolute Gasteiger partial charge is 0.434 e. The summed E-state index contributed by atoms with van der Waals surface area (Å²) in [5.74, 6) is 0. The average molecular weight is 381 g/mol. The van der Waals surface area contributed by atoms with Crippen molar-refractivity contribution in [2.24, 2.45) is 5.41 Å². The molecule has 1 aromatic rings. The summed E-state index contributed by atoms with van der Waals surface area (Å²) in [6.07, 6.45) is -0.846. The Labute approximate surface area is 160 Å². The van der Waals surface area contributed by atoms with Gasteiger partial charge in [-0.15, -0.1) is 0 Å². The van der Waals surface area contributed by atoms with E-state index in [1.807, 2.05) is 64.2 Å². The molecule has 0 saturated heterocycles. The van der Waals surface area contributed by atoms with E-state index in [0.29, 0.717) is 6.42 Å². The fourth-order valence-corrected chi connectivity index (χ4v) is 3.20. The minimum atomic E-state index is -1.25. The molecule has 1 rings (SSSR count). The van der Waals surface area contributed by atoms with E-state index in [2.05, 4.69) is 20.8 Å². The molecule has 0 aliphatic heterocycles. The number of hydrogen-bond donors (Lipinski definition) is 1. The third-order valence-corrected chi connectivity index (χ3v) is 4.00. The molecular weight excluding hydrogens is 346 g/mol. The quantitative estimate of drug-likeness (QED) is 0.561. The van der Waals surface area contributed by atoms with Crippen LogP contribution in [0, 0.1) is 5.41 Å². The molecule has 5 nitrogen and oxygen atoms in total. The van der Waals surface area contributed by atoms with Gasteiger partial charge in [-0.2, -0.15) is 5.06 Å². The maximum atomic E-state index is 12.9. The average Bonchev–Trinajstić information content (AvgIpc) is 2.43. The lowest BCUT2D eigenvalue weighted by Crippen LogP contribution is -2.46. The van der Waals surface area contributed by atoms with Crippen LogP contribution in [0.4, 0.5) is 4.79 Å². The van der Waals surface area contributed by atoms with Crippen molar-refractivity contribution in [3.8, 4) is 0 Å². The zero-order chi connectivity index (χ0) is 20.1. The molecule has 0 bridgehead atoms. The van der Waals surface area contributed by atoms with Gasteiger partial charge < -0.3 is 14.4 Å². The molecule has 1 N–H and O–H groups in total. The number of amides is 1. The molecule has 0 fully saturated rings. The Bertz CT molecular complexity index is 563. The van der Waals surface area contributed by atoms with Crippen LogP contribution in [0.25, 0.3) is 0 Å². The van der Waals surface area contributed by atoms with Gasteiger partial charge in [0.2, 0.25) is 9.04 Å². The highest BCUT2D eigenvalue weighted by Gasteiger charge is 2.37. The van der Waals surface area contributed by atoms with Gasteiger partial charge in [-0.25, -0.2) is 4.79 Å². The van der Waals surface area contributed by atoms with Crippen LogP contribution in [0.3, 0.4) is 0 Å². The summed E-state index contributed by atoms with van der Waals surface area (Å²) < 4.78 is 11.5. The lowest BCUT2D eigenvalue weighted by atomic mass is 9.85. The summed E-state index contributed by atoms with van der Waals surface area (Å²) in [6.45, 7) is 15.5. The SMILES string of the molecule is C[Si](C)ON(C(=O)OC(C)(C)C)C(c1ccccc1)C(O)CC(C)(C)C. The van der Waals surface area contributed by atoms with Crippen molar-refractivity contribution in [1.82, 2.24) is 5.06 Å². The number of hydrogen-bond acceptors (Lipinski definition) is 4. The molecule has 0 saturated carbocycles. The number of benzene rings is 1. The minimum Gasteiger partial charge on any atom is -0.442 e. The second-order valence-electron chi connectivity index (χ2n) is 8.99. The Hall–Kier alpha value is -1.37. The van der Waals surface area contributed by atoms with Crippen LogP contribution in [-0.4, -0.2) is 37.0 Å². The van der Waals surface area contributed by atoms with E-state index in [4.69, 9.17) is 9.26 Å². The molecule has 0 heterocycles. The van der Waals surface area contributed by atoms with E-state index in [9.17, 15) is 9.90 Å². The van der Waals surface area contributed by atoms with E-state index in [-0.39, 0.29) is 5.41 Å². The molecule has 2 unspecified atom stereocenters. The Morgan fingerprint density at radius 3 is 2.08 bits per heavy atom. The van der Waals surface area contributed by atoms with E-state index in [1.165, 1.54) is 5.06 Å². The van der Waals surface area contributed by atoms with Crippen molar-refractivity contribution in [2.75, 3.05) is 0 Å². The zero-order valence-electron chi connectivity index (χ0n) is 17.4. The third kappa shape index (κ3) is 7.89. The monoisotopic (exact) mass is 380 g/mol. The Kier molecular flexibility index (Phi) is 7.86. The molecular formula is C20H34NO4Si. The van der Waals surface area contributed by atoms with Crippen molar-refractivity contribution in [3.05, 3.63) is 35.9 Å². The zero-order valence-corrected chi connectivity index (χ0v) is 18.4. The van der Waals surface area contributed by atoms with E-state index >= 15 is 0 Å². The molecule has 2 atom stereocenters. The van der Waals surface area contributed by atoms with Crippen LogP contribution >= 0.6 is 0 Å². The highest BCUT2D eigenvalue weighted by atomic mass is 28.3. The number of ether oxygens (including phenoxy) is 1. The van der Waals surface area contributed by atoms with Crippen molar-refractivity contribution >= 4 is 15.1 Å². The number of rotatable bonds is 6. The Balaban J connectivity index is 3.29. The van der Waals surface area contributed by atoms with E-state index < -0.39 is 32.9 Å². The van der Waals surface area contributed by atoms with Gasteiger partial charge in [0.15, 0.2) is 0 Å². The molecule has 0 aliphatic carbocycles. The normalized spacial score (nSPS) is 14.8. The predicted octanol–water partition coefficient (Wildman–Crippen LogP) is 4.94. The summed E-state index contributed by atoms with van der Waals surface area (Å²) in [5.41, 5.74) is 0.0695. The molecule has 1 aromatic carbocycles. The fraction of sp³-hybridized carbons (Fsp3) is 0.650. The maximum Gasteiger partial charge on any atom is 0.434 e. The van der Waals surface area contributed by atoms with Crippen LogP contribution in [0.15, 0.2) is 30.3 Å². The first-order valence-electron chi connectivity index (χ1n) is 9.03. The molecule has 1 radical (unpaired) electrons. The summed E-state index contributed by atoms with van der Waals surface area (Å²) in [4.78, 5) is 12.9. The van der Waals surface area contributed by atoms with Crippen LogP contribution in [-0.2, 0) is 9.26 Å². The topological polar surface area (TPSA) is 59.0 Å². The second kappa shape index (κ2) is 9.02. The Morgan fingerprint density at radius 1 is 1.12 bits per heavy atom. The predicted molar refractivity (Wildman–Crippen MR) is 106 cm³/mol. The van der Waals surface area contributed by atoms with Gasteiger partial charge in [0.05, 0.1) is 6.10 Å². The second-order valence-corrected chi connectivity index (χ2v) is 11.0. The number of carbonyl (C=O) groups is 1. The van der Waals surface area contributed by atoms with Crippen molar-refractivity contribution in [2.45, 2.75) is 78.8 Å². The number of aliphatic hydroxyl groups is 1.